The van der Waals surface area contributed by atoms with Gasteiger partial charge in [0.2, 0.25) is 0 Å². The zero-order valence-electron chi connectivity index (χ0n) is 15.2. The summed E-state index contributed by atoms with van der Waals surface area (Å²) in [7, 11) is 1.97. The van der Waals surface area contributed by atoms with Crippen LogP contribution in [0.25, 0.3) is 0 Å². The lowest BCUT2D eigenvalue weighted by Gasteiger charge is -2.36. The Labute approximate surface area is 149 Å². The highest BCUT2D eigenvalue weighted by molar-refractivity contribution is 5.27. The lowest BCUT2D eigenvalue weighted by molar-refractivity contribution is 0.0664. The van der Waals surface area contributed by atoms with Crippen LogP contribution in [-0.4, -0.2) is 37.0 Å². The number of aryl methyl sites for hydroxylation is 2. The first kappa shape index (κ1) is 18.0. The van der Waals surface area contributed by atoms with Gasteiger partial charge in [-0.15, -0.1) is 0 Å². The van der Waals surface area contributed by atoms with E-state index in [1.807, 2.05) is 23.9 Å². The number of nitrogens with zero attached hydrogens (tertiary/aromatic N) is 3. The minimum atomic E-state index is -0.150. The van der Waals surface area contributed by atoms with Crippen molar-refractivity contribution in [1.29, 1.82) is 0 Å². The van der Waals surface area contributed by atoms with E-state index in [1.54, 1.807) is 6.07 Å². The van der Waals surface area contributed by atoms with E-state index in [4.69, 9.17) is 0 Å². The fourth-order valence-corrected chi connectivity index (χ4v) is 3.86. The van der Waals surface area contributed by atoms with Crippen LogP contribution in [0, 0.1) is 0 Å². The molecule has 2 aromatic rings. The number of aromatic nitrogens is 2. The maximum Gasteiger partial charge on any atom is 0.115 e. The fraction of sp³-hybridized carbons (Fsp3) is 0.550. The second-order valence-electron chi connectivity index (χ2n) is 7.17. The molecule has 0 spiro atoms. The van der Waals surface area contributed by atoms with Gasteiger partial charge in [0, 0.05) is 37.9 Å². The number of rotatable bonds is 6. The molecule has 0 bridgehead atoms. The second kappa shape index (κ2) is 8.02. The molecule has 1 heterocycles. The van der Waals surface area contributed by atoms with Crippen molar-refractivity contribution in [3.8, 4) is 5.75 Å². The summed E-state index contributed by atoms with van der Waals surface area (Å²) >= 11 is 0. The van der Waals surface area contributed by atoms with Gasteiger partial charge in [-0.3, -0.25) is 9.58 Å². The summed E-state index contributed by atoms with van der Waals surface area (Å²) in [6.45, 7) is 3.79. The Hall–Kier alpha value is -1.85. The molecule has 1 saturated carbocycles. The third-order valence-corrected chi connectivity index (χ3v) is 5.18. The largest absolute Gasteiger partial charge is 0.508 e. The molecular weight excluding hydrogens is 314 g/mol. The van der Waals surface area contributed by atoms with Gasteiger partial charge in [-0.1, -0.05) is 19.1 Å². The first-order valence-electron chi connectivity index (χ1n) is 9.26. The molecule has 0 unspecified atom stereocenters. The summed E-state index contributed by atoms with van der Waals surface area (Å²) < 4.78 is 1.89. The number of aliphatic hydroxyl groups is 1. The van der Waals surface area contributed by atoms with Gasteiger partial charge in [0.25, 0.3) is 0 Å². The molecule has 1 fully saturated rings. The third-order valence-electron chi connectivity index (χ3n) is 5.18. The summed E-state index contributed by atoms with van der Waals surface area (Å²) in [5.41, 5.74) is 3.54. The maximum atomic E-state index is 9.85. The Bertz CT molecular complexity index is 690. The monoisotopic (exact) mass is 343 g/mol. The molecule has 1 aliphatic rings. The van der Waals surface area contributed by atoms with Crippen LogP contribution >= 0.6 is 0 Å². The van der Waals surface area contributed by atoms with Gasteiger partial charge < -0.3 is 10.2 Å². The summed E-state index contributed by atoms with van der Waals surface area (Å²) in [6, 6.07) is 7.97. The number of phenols is 1. The molecule has 1 aromatic carbocycles. The predicted molar refractivity (Wildman–Crippen MR) is 98.2 cm³/mol. The molecule has 25 heavy (non-hydrogen) atoms. The van der Waals surface area contributed by atoms with Gasteiger partial charge in [0.1, 0.15) is 5.75 Å². The molecule has 3 rings (SSSR count). The van der Waals surface area contributed by atoms with Gasteiger partial charge in [0.15, 0.2) is 0 Å². The van der Waals surface area contributed by atoms with Crippen molar-refractivity contribution in [2.24, 2.45) is 7.05 Å². The molecule has 5 heteroatoms. The fourth-order valence-electron chi connectivity index (χ4n) is 3.86. The highest BCUT2D eigenvalue weighted by Crippen LogP contribution is 2.27. The lowest BCUT2D eigenvalue weighted by Crippen LogP contribution is -2.38. The van der Waals surface area contributed by atoms with Crippen molar-refractivity contribution < 1.29 is 10.2 Å². The highest BCUT2D eigenvalue weighted by atomic mass is 16.3. The van der Waals surface area contributed by atoms with Crippen LogP contribution in [0.2, 0.25) is 0 Å². The predicted octanol–water partition coefficient (Wildman–Crippen LogP) is 2.99. The van der Waals surface area contributed by atoms with Gasteiger partial charge >= 0.3 is 0 Å². The van der Waals surface area contributed by atoms with Crippen LogP contribution in [0.3, 0.4) is 0 Å². The zero-order valence-corrected chi connectivity index (χ0v) is 15.2. The van der Waals surface area contributed by atoms with E-state index in [2.05, 4.69) is 29.2 Å². The Morgan fingerprint density at radius 2 is 1.96 bits per heavy atom. The Morgan fingerprint density at radius 1 is 1.20 bits per heavy atom. The van der Waals surface area contributed by atoms with E-state index in [0.29, 0.717) is 11.8 Å². The van der Waals surface area contributed by atoms with Crippen molar-refractivity contribution in [3.05, 3.63) is 47.3 Å². The summed E-state index contributed by atoms with van der Waals surface area (Å²) in [5, 5.41) is 24.2. The van der Waals surface area contributed by atoms with Crippen LogP contribution in [0.1, 0.15) is 49.4 Å². The topological polar surface area (TPSA) is 61.5 Å². The number of benzene rings is 1. The smallest absolute Gasteiger partial charge is 0.115 e. The summed E-state index contributed by atoms with van der Waals surface area (Å²) in [5.74, 6) is 0.312. The molecule has 0 saturated heterocycles. The van der Waals surface area contributed by atoms with E-state index in [1.165, 1.54) is 5.56 Å². The van der Waals surface area contributed by atoms with Gasteiger partial charge in [0.05, 0.1) is 11.8 Å². The van der Waals surface area contributed by atoms with Crippen molar-refractivity contribution in [2.75, 3.05) is 0 Å². The van der Waals surface area contributed by atoms with Crippen molar-refractivity contribution >= 4 is 0 Å². The molecule has 1 aliphatic carbocycles. The average molecular weight is 343 g/mol. The average Bonchev–Trinajstić information content (AvgIpc) is 2.94. The molecule has 1 aromatic heterocycles. The van der Waals surface area contributed by atoms with Gasteiger partial charge in [-0.2, -0.15) is 5.10 Å². The molecule has 2 N–H and O–H groups in total. The SMILES string of the molecule is CCc1nn(C)cc1CN(Cc1cccc(O)c1)C1CCC(O)CC1. The first-order chi connectivity index (χ1) is 12.0. The molecule has 0 amide bonds. The van der Waals surface area contributed by atoms with Crippen LogP contribution in [0.4, 0.5) is 0 Å². The number of phenolic OH excluding ortho intramolecular Hbond substituents is 1. The van der Waals surface area contributed by atoms with Crippen molar-refractivity contribution in [3.63, 3.8) is 0 Å². The molecule has 0 atom stereocenters. The summed E-state index contributed by atoms with van der Waals surface area (Å²) in [6.07, 6.45) is 6.67. The van der Waals surface area contributed by atoms with Crippen molar-refractivity contribution in [1.82, 2.24) is 14.7 Å². The minimum absolute atomic E-state index is 0.150. The number of aliphatic hydroxyl groups excluding tert-OH is 1. The van der Waals surface area contributed by atoms with E-state index in [-0.39, 0.29) is 6.10 Å². The zero-order chi connectivity index (χ0) is 17.8. The molecule has 0 radical (unpaired) electrons. The van der Waals surface area contributed by atoms with E-state index in [0.717, 1.165) is 56.5 Å². The van der Waals surface area contributed by atoms with Crippen molar-refractivity contribution in [2.45, 2.75) is 64.3 Å². The van der Waals surface area contributed by atoms with Crippen LogP contribution < -0.4 is 0 Å². The Balaban J connectivity index is 1.80. The Kier molecular flexibility index (Phi) is 5.76. The van der Waals surface area contributed by atoms with Gasteiger partial charge in [-0.25, -0.2) is 0 Å². The van der Waals surface area contributed by atoms with Crippen LogP contribution in [0.5, 0.6) is 5.75 Å². The first-order valence-corrected chi connectivity index (χ1v) is 9.26. The molecular formula is C20H29N3O2. The Morgan fingerprint density at radius 3 is 2.64 bits per heavy atom. The van der Waals surface area contributed by atoms with Crippen LogP contribution in [0.15, 0.2) is 30.5 Å². The number of hydrogen-bond donors (Lipinski definition) is 2. The van der Waals surface area contributed by atoms with E-state index in [9.17, 15) is 10.2 Å². The summed E-state index contributed by atoms with van der Waals surface area (Å²) in [4.78, 5) is 2.48. The van der Waals surface area contributed by atoms with Crippen LogP contribution in [-0.2, 0) is 26.6 Å². The van der Waals surface area contributed by atoms with E-state index >= 15 is 0 Å². The minimum Gasteiger partial charge on any atom is -0.508 e. The second-order valence-corrected chi connectivity index (χ2v) is 7.17. The molecule has 5 nitrogen and oxygen atoms in total. The lowest BCUT2D eigenvalue weighted by atomic mass is 9.91. The third kappa shape index (κ3) is 4.61. The normalized spacial score (nSPS) is 21.0. The van der Waals surface area contributed by atoms with E-state index < -0.39 is 0 Å². The standard InChI is InChI=1S/C20H29N3O2/c1-3-20-16(13-22(2)21-20)14-23(17-7-9-18(24)10-8-17)12-15-5-4-6-19(25)11-15/h4-6,11,13,17-18,24-25H,3,7-10,12,14H2,1-2H3. The quantitative estimate of drug-likeness (QED) is 0.846. The number of aromatic hydroxyl groups is 1. The highest BCUT2D eigenvalue weighted by Gasteiger charge is 2.26. The number of hydrogen-bond acceptors (Lipinski definition) is 4. The molecule has 136 valence electrons. The van der Waals surface area contributed by atoms with Gasteiger partial charge in [-0.05, 0) is 49.8 Å². The maximum absolute atomic E-state index is 9.85. The molecule has 0 aliphatic heterocycles.